The van der Waals surface area contributed by atoms with Gasteiger partial charge >= 0.3 is 0 Å². The molecule has 0 heteroatoms. The fourth-order valence-corrected chi connectivity index (χ4v) is 11.8. The predicted molar refractivity (Wildman–Crippen MR) is 297 cm³/mol. The van der Waals surface area contributed by atoms with E-state index in [2.05, 4.69) is 201 Å². The van der Waals surface area contributed by atoms with E-state index in [1.807, 2.05) is 0 Å². The van der Waals surface area contributed by atoms with Crippen molar-refractivity contribution >= 4 is 0 Å². The molecule has 2 saturated carbocycles. The Balaban J connectivity index is 0.000000184. The van der Waals surface area contributed by atoms with Gasteiger partial charge in [0.15, 0.2) is 0 Å². The number of unbranched alkanes of at least 4 members (excludes halogenated alkanes) is 2. The highest BCUT2D eigenvalue weighted by atomic mass is 14.3. The van der Waals surface area contributed by atoms with Gasteiger partial charge < -0.3 is 0 Å². The van der Waals surface area contributed by atoms with Crippen LogP contribution in [0.1, 0.15) is 161 Å². The number of rotatable bonds is 13. The first kappa shape index (κ1) is 49.0. The lowest BCUT2D eigenvalue weighted by molar-refractivity contribution is 0.308. The van der Waals surface area contributed by atoms with E-state index >= 15 is 0 Å². The second kappa shape index (κ2) is 23.2. The van der Waals surface area contributed by atoms with Gasteiger partial charge in [0.05, 0.1) is 0 Å². The third kappa shape index (κ3) is 12.2. The van der Waals surface area contributed by atoms with Crippen LogP contribution in [0.5, 0.6) is 0 Å². The summed E-state index contributed by atoms with van der Waals surface area (Å²) < 4.78 is 0. The first-order valence-corrected chi connectivity index (χ1v) is 26.8. The summed E-state index contributed by atoms with van der Waals surface area (Å²) in [6, 6.07) is 55.5. The van der Waals surface area contributed by atoms with E-state index in [0.29, 0.717) is 0 Å². The van der Waals surface area contributed by atoms with Crippen LogP contribution in [0.2, 0.25) is 0 Å². The lowest BCUT2D eigenvalue weighted by Crippen LogP contribution is -2.13. The Hall–Kier alpha value is -5.46. The average Bonchev–Trinajstić information content (AvgIpc) is 3.35. The van der Waals surface area contributed by atoms with Crippen molar-refractivity contribution in [2.24, 2.45) is 11.8 Å². The van der Waals surface area contributed by atoms with Gasteiger partial charge in [0.25, 0.3) is 0 Å². The Kier molecular flexibility index (Phi) is 16.7. The van der Waals surface area contributed by atoms with E-state index in [9.17, 15) is 0 Å². The van der Waals surface area contributed by atoms with Gasteiger partial charge in [0.2, 0.25) is 0 Å². The van der Waals surface area contributed by atoms with E-state index in [1.165, 1.54) is 184 Å². The number of aryl methyl sites for hydroxylation is 6. The van der Waals surface area contributed by atoms with Crippen LogP contribution in [0.3, 0.4) is 0 Å². The molecule has 0 nitrogen and oxygen atoms in total. The van der Waals surface area contributed by atoms with Gasteiger partial charge in [-0.25, -0.2) is 0 Å². The highest BCUT2D eigenvalue weighted by Crippen LogP contribution is 2.40. The molecule has 0 spiro atoms. The Morgan fingerprint density at radius 3 is 1.21 bits per heavy atom. The van der Waals surface area contributed by atoms with Crippen molar-refractivity contribution in [1.82, 2.24) is 0 Å². The molecule has 0 radical (unpaired) electrons. The molecule has 0 atom stereocenters. The Morgan fingerprint density at radius 2 is 0.750 bits per heavy atom. The van der Waals surface area contributed by atoms with Crippen LogP contribution in [0.4, 0.5) is 0 Å². The lowest BCUT2D eigenvalue weighted by atomic mass is 9.77. The largest absolute Gasteiger partial charge is 0.0654 e. The minimum absolute atomic E-state index is 0.766. The number of benzene rings is 7. The summed E-state index contributed by atoms with van der Waals surface area (Å²) in [4.78, 5) is 0. The maximum atomic E-state index is 2.40. The van der Waals surface area contributed by atoms with Crippen LogP contribution in [0, 0.1) is 46.5 Å². The van der Waals surface area contributed by atoms with Crippen molar-refractivity contribution in [3.8, 4) is 55.6 Å². The monoisotopic (exact) mass is 897 g/mol. The van der Waals surface area contributed by atoms with Gasteiger partial charge in [-0.3, -0.25) is 0 Å². The molecule has 9 rings (SSSR count). The van der Waals surface area contributed by atoms with E-state index in [4.69, 9.17) is 0 Å². The Morgan fingerprint density at radius 1 is 0.368 bits per heavy atom. The van der Waals surface area contributed by atoms with E-state index < -0.39 is 0 Å². The zero-order valence-corrected chi connectivity index (χ0v) is 43.1. The summed E-state index contributed by atoms with van der Waals surface area (Å²) in [7, 11) is 0. The molecule has 2 fully saturated rings. The smallest absolute Gasteiger partial charge is 0.0125 e. The molecule has 0 bridgehead atoms. The average molecular weight is 897 g/mol. The van der Waals surface area contributed by atoms with Gasteiger partial charge in [0.1, 0.15) is 0 Å². The van der Waals surface area contributed by atoms with Crippen molar-refractivity contribution in [1.29, 1.82) is 0 Å². The SMILES string of the molecule is CCCC1CCC(c2ccc(-c3ccc(-c4ccc(C5CCC(C)CC5)cc4)cc3)cc2)CC1.CCCCCc1ccc(-c2c(C)cc(-c3c(C)cc(-c4ccc(C)cc4)cc3C)cc2C)cc1. The first-order valence-electron chi connectivity index (χ1n) is 26.8. The molecule has 0 saturated heterocycles. The molecule has 2 aliphatic carbocycles. The van der Waals surface area contributed by atoms with E-state index in [0.717, 1.165) is 23.7 Å². The summed E-state index contributed by atoms with van der Waals surface area (Å²) in [5, 5.41) is 0. The second-order valence-electron chi connectivity index (χ2n) is 21.3. The zero-order chi connectivity index (χ0) is 47.6. The van der Waals surface area contributed by atoms with Crippen LogP contribution in [-0.4, -0.2) is 0 Å². The van der Waals surface area contributed by atoms with Crippen LogP contribution in [0.25, 0.3) is 55.6 Å². The molecule has 0 aliphatic heterocycles. The van der Waals surface area contributed by atoms with Gasteiger partial charge in [0, 0.05) is 0 Å². The van der Waals surface area contributed by atoms with Crippen LogP contribution in [0.15, 0.2) is 146 Å². The summed E-state index contributed by atoms with van der Waals surface area (Å²) in [5.41, 5.74) is 24.4. The maximum absolute atomic E-state index is 2.40. The summed E-state index contributed by atoms with van der Waals surface area (Å²) in [5.74, 6) is 3.42. The second-order valence-corrected chi connectivity index (χ2v) is 21.3. The maximum Gasteiger partial charge on any atom is -0.0125 e. The van der Waals surface area contributed by atoms with E-state index in [-0.39, 0.29) is 0 Å². The highest BCUT2D eigenvalue weighted by Gasteiger charge is 2.22. The van der Waals surface area contributed by atoms with Gasteiger partial charge in [-0.05, 0) is 204 Å². The lowest BCUT2D eigenvalue weighted by Gasteiger charge is -2.28. The molecule has 0 N–H and O–H groups in total. The molecule has 352 valence electrons. The standard InChI is InChI=1S/C34H42.C34H38/c1-3-4-26-7-11-28(12-8-26)30-15-19-32(20-16-30)34-23-21-33(22-24-34)31-17-13-29(14-18-31)27-9-5-25(2)6-10-27;1-7-8-9-10-28-13-17-30(18-14-28)33-26(5)21-32(22-27(33)6)34-24(3)19-31(20-25(34)4)29-15-11-23(2)12-16-29/h13-28H,3-12H2,1-2H3;11-22H,7-10H2,1-6H3. The third-order valence-corrected chi connectivity index (χ3v) is 15.9. The third-order valence-electron chi connectivity index (χ3n) is 15.9. The van der Waals surface area contributed by atoms with Gasteiger partial charge in [-0.15, -0.1) is 0 Å². The van der Waals surface area contributed by atoms with E-state index in [1.54, 1.807) is 5.56 Å². The molecular weight excluding hydrogens is 817 g/mol. The number of hydrogen-bond acceptors (Lipinski definition) is 0. The first-order chi connectivity index (χ1) is 33.1. The van der Waals surface area contributed by atoms with Crippen LogP contribution >= 0.6 is 0 Å². The molecule has 0 unspecified atom stereocenters. The fourth-order valence-electron chi connectivity index (χ4n) is 11.8. The van der Waals surface area contributed by atoms with Crippen molar-refractivity contribution in [3.63, 3.8) is 0 Å². The molecule has 68 heavy (non-hydrogen) atoms. The molecule has 0 aromatic heterocycles. The number of hydrogen-bond donors (Lipinski definition) is 0. The fraction of sp³-hybridized carbons (Fsp3) is 0.382. The van der Waals surface area contributed by atoms with Gasteiger partial charge in [-0.1, -0.05) is 210 Å². The summed E-state index contributed by atoms with van der Waals surface area (Å²) in [6.07, 6.45) is 18.9. The van der Waals surface area contributed by atoms with Gasteiger partial charge in [-0.2, -0.15) is 0 Å². The van der Waals surface area contributed by atoms with Crippen LogP contribution < -0.4 is 0 Å². The summed E-state index contributed by atoms with van der Waals surface area (Å²) in [6.45, 7) is 18.1. The zero-order valence-electron chi connectivity index (χ0n) is 43.1. The van der Waals surface area contributed by atoms with Crippen molar-refractivity contribution < 1.29 is 0 Å². The minimum atomic E-state index is 0.766. The molecule has 0 heterocycles. The minimum Gasteiger partial charge on any atom is -0.0654 e. The van der Waals surface area contributed by atoms with Crippen molar-refractivity contribution in [2.75, 3.05) is 0 Å². The molecule has 7 aromatic rings. The topological polar surface area (TPSA) is 0 Å². The quantitative estimate of drug-likeness (QED) is 0.101. The molecule has 2 aliphatic rings. The predicted octanol–water partition coefficient (Wildman–Crippen LogP) is 20.4. The van der Waals surface area contributed by atoms with Crippen molar-refractivity contribution in [3.05, 3.63) is 190 Å². The highest BCUT2D eigenvalue weighted by molar-refractivity contribution is 5.81. The molecule has 0 amide bonds. The molecule has 7 aromatic carbocycles. The van der Waals surface area contributed by atoms with Crippen LogP contribution in [-0.2, 0) is 6.42 Å². The Labute approximate surface area is 412 Å². The van der Waals surface area contributed by atoms with Crippen molar-refractivity contribution in [2.45, 2.75) is 157 Å². The summed E-state index contributed by atoms with van der Waals surface area (Å²) >= 11 is 0. The molecular formula is C68H80. The Bertz CT molecular complexity index is 2610. The normalized spacial score (nSPS) is 18.2.